The molecule has 0 unspecified atom stereocenters. The minimum atomic E-state index is -0.278. The number of urea groups is 1. The van der Waals surface area contributed by atoms with Crippen molar-refractivity contribution in [3.8, 4) is 5.75 Å². The Morgan fingerprint density at radius 2 is 2.16 bits per heavy atom. The SMILES string of the molecule is COc1cccc(NC(=O)NCCOCCN)c1.Cl. The number of benzene rings is 1. The second-order valence-corrected chi connectivity index (χ2v) is 3.51. The maximum absolute atomic E-state index is 11.5. The highest BCUT2D eigenvalue weighted by molar-refractivity contribution is 5.89. The van der Waals surface area contributed by atoms with Gasteiger partial charge in [-0.05, 0) is 12.1 Å². The number of rotatable bonds is 7. The minimum absolute atomic E-state index is 0. The number of carbonyl (C=O) groups excluding carboxylic acids is 1. The molecule has 0 aliphatic rings. The number of hydrogen-bond acceptors (Lipinski definition) is 4. The average Bonchev–Trinajstić information content (AvgIpc) is 2.38. The summed E-state index contributed by atoms with van der Waals surface area (Å²) in [5.41, 5.74) is 5.94. The summed E-state index contributed by atoms with van der Waals surface area (Å²) in [6, 6.07) is 6.86. The Labute approximate surface area is 119 Å². The molecule has 0 bridgehead atoms. The van der Waals surface area contributed by atoms with Crippen LogP contribution in [-0.4, -0.2) is 39.4 Å². The molecule has 108 valence electrons. The molecule has 0 saturated carbocycles. The molecule has 7 heteroatoms. The summed E-state index contributed by atoms with van der Waals surface area (Å²) in [4.78, 5) is 11.5. The molecule has 6 nitrogen and oxygen atoms in total. The summed E-state index contributed by atoms with van der Waals surface area (Å²) in [5.74, 6) is 0.694. The highest BCUT2D eigenvalue weighted by Gasteiger charge is 2.01. The summed E-state index contributed by atoms with van der Waals surface area (Å²) >= 11 is 0. The third-order valence-electron chi connectivity index (χ3n) is 2.12. The van der Waals surface area contributed by atoms with Gasteiger partial charge in [0.05, 0.1) is 20.3 Å². The Morgan fingerprint density at radius 3 is 2.84 bits per heavy atom. The zero-order chi connectivity index (χ0) is 13.2. The van der Waals surface area contributed by atoms with E-state index in [2.05, 4.69) is 10.6 Å². The number of anilines is 1. The zero-order valence-electron chi connectivity index (χ0n) is 10.8. The van der Waals surface area contributed by atoms with E-state index < -0.39 is 0 Å². The molecule has 4 N–H and O–H groups in total. The largest absolute Gasteiger partial charge is 0.497 e. The molecule has 1 rings (SSSR count). The number of ether oxygens (including phenoxy) is 2. The minimum Gasteiger partial charge on any atom is -0.497 e. The Bertz CT molecular complexity index is 377. The Kier molecular flexibility index (Phi) is 9.60. The smallest absolute Gasteiger partial charge is 0.319 e. The van der Waals surface area contributed by atoms with Crippen molar-refractivity contribution in [2.45, 2.75) is 0 Å². The quantitative estimate of drug-likeness (QED) is 0.659. The fourth-order valence-electron chi connectivity index (χ4n) is 1.30. The summed E-state index contributed by atoms with van der Waals surface area (Å²) < 4.78 is 10.2. The molecule has 1 aromatic carbocycles. The first kappa shape index (κ1) is 17.5. The van der Waals surface area contributed by atoms with Crippen molar-refractivity contribution < 1.29 is 14.3 Å². The highest BCUT2D eigenvalue weighted by atomic mass is 35.5. The van der Waals surface area contributed by atoms with Crippen molar-refractivity contribution in [1.82, 2.24) is 5.32 Å². The average molecular weight is 290 g/mol. The molecule has 0 aliphatic heterocycles. The lowest BCUT2D eigenvalue weighted by atomic mass is 10.3. The first-order valence-electron chi connectivity index (χ1n) is 5.73. The maximum Gasteiger partial charge on any atom is 0.319 e. The zero-order valence-corrected chi connectivity index (χ0v) is 11.7. The lowest BCUT2D eigenvalue weighted by Crippen LogP contribution is -2.31. The van der Waals surface area contributed by atoms with E-state index in [0.717, 1.165) is 0 Å². The topological polar surface area (TPSA) is 85.6 Å². The fraction of sp³-hybridized carbons (Fsp3) is 0.417. The van der Waals surface area contributed by atoms with Crippen molar-refractivity contribution in [1.29, 1.82) is 0 Å². The monoisotopic (exact) mass is 289 g/mol. The van der Waals surface area contributed by atoms with Crippen LogP contribution in [0.5, 0.6) is 5.75 Å². The van der Waals surface area contributed by atoms with Crippen LogP contribution in [0.2, 0.25) is 0 Å². The van der Waals surface area contributed by atoms with E-state index in [9.17, 15) is 4.79 Å². The van der Waals surface area contributed by atoms with Gasteiger partial charge >= 0.3 is 6.03 Å². The van der Waals surface area contributed by atoms with Crippen LogP contribution in [0, 0.1) is 0 Å². The van der Waals surface area contributed by atoms with Gasteiger partial charge in [0, 0.05) is 24.8 Å². The van der Waals surface area contributed by atoms with Crippen molar-refractivity contribution in [3.63, 3.8) is 0 Å². The highest BCUT2D eigenvalue weighted by Crippen LogP contribution is 2.16. The van der Waals surface area contributed by atoms with Gasteiger partial charge in [-0.25, -0.2) is 4.79 Å². The van der Waals surface area contributed by atoms with E-state index in [1.165, 1.54) is 0 Å². The van der Waals surface area contributed by atoms with Crippen LogP contribution >= 0.6 is 12.4 Å². The molecule has 0 atom stereocenters. The standard InChI is InChI=1S/C12H19N3O3.ClH/c1-17-11-4-2-3-10(9-11)15-12(16)14-6-8-18-7-5-13;/h2-4,9H,5-8,13H2,1H3,(H2,14,15,16);1H. The van der Waals surface area contributed by atoms with Gasteiger partial charge in [-0.3, -0.25) is 0 Å². The molecule has 0 heterocycles. The molecule has 0 saturated heterocycles. The molecule has 19 heavy (non-hydrogen) atoms. The molecule has 1 aromatic rings. The van der Waals surface area contributed by atoms with E-state index in [4.69, 9.17) is 15.2 Å². The Hall–Kier alpha value is -1.50. The molecule has 2 amide bonds. The van der Waals surface area contributed by atoms with Gasteiger partial charge in [0.2, 0.25) is 0 Å². The molecule has 0 fully saturated rings. The number of nitrogens with two attached hydrogens (primary N) is 1. The number of hydrogen-bond donors (Lipinski definition) is 3. The second-order valence-electron chi connectivity index (χ2n) is 3.51. The van der Waals surface area contributed by atoms with Gasteiger partial charge in [0.25, 0.3) is 0 Å². The second kappa shape index (κ2) is 10.4. The predicted octanol–water partition coefficient (Wildman–Crippen LogP) is 1.21. The van der Waals surface area contributed by atoms with Crippen LogP contribution in [-0.2, 0) is 4.74 Å². The predicted molar refractivity (Wildman–Crippen MR) is 77.1 cm³/mol. The lowest BCUT2D eigenvalue weighted by molar-refractivity contribution is 0.144. The van der Waals surface area contributed by atoms with Crippen molar-refractivity contribution >= 4 is 24.1 Å². The number of carbonyl (C=O) groups is 1. The van der Waals surface area contributed by atoms with E-state index in [0.29, 0.717) is 37.7 Å². The number of nitrogens with one attached hydrogen (secondary N) is 2. The van der Waals surface area contributed by atoms with Crippen molar-refractivity contribution in [2.75, 3.05) is 38.7 Å². The van der Waals surface area contributed by atoms with Gasteiger partial charge < -0.3 is 25.8 Å². The van der Waals surface area contributed by atoms with Gasteiger partial charge in [-0.2, -0.15) is 0 Å². The lowest BCUT2D eigenvalue weighted by Gasteiger charge is -2.08. The van der Waals surface area contributed by atoms with E-state index >= 15 is 0 Å². The first-order chi connectivity index (χ1) is 8.76. The molecule has 0 spiro atoms. The third-order valence-corrected chi connectivity index (χ3v) is 2.12. The van der Waals surface area contributed by atoms with Crippen LogP contribution < -0.4 is 21.1 Å². The first-order valence-corrected chi connectivity index (χ1v) is 5.73. The normalized spacial score (nSPS) is 9.37. The van der Waals surface area contributed by atoms with Crippen LogP contribution in [0.3, 0.4) is 0 Å². The fourth-order valence-corrected chi connectivity index (χ4v) is 1.30. The molecular formula is C12H20ClN3O3. The van der Waals surface area contributed by atoms with E-state index in [1.807, 2.05) is 6.07 Å². The van der Waals surface area contributed by atoms with Crippen LogP contribution in [0.25, 0.3) is 0 Å². The molecule has 0 radical (unpaired) electrons. The van der Waals surface area contributed by atoms with Crippen molar-refractivity contribution in [2.24, 2.45) is 5.73 Å². The van der Waals surface area contributed by atoms with Gasteiger partial charge in [-0.15, -0.1) is 12.4 Å². The van der Waals surface area contributed by atoms with Crippen LogP contribution in [0.4, 0.5) is 10.5 Å². The van der Waals surface area contributed by atoms with E-state index in [-0.39, 0.29) is 18.4 Å². The molecular weight excluding hydrogens is 270 g/mol. The summed E-state index contributed by atoms with van der Waals surface area (Å²) in [6.07, 6.45) is 0. The van der Waals surface area contributed by atoms with Gasteiger partial charge in [-0.1, -0.05) is 6.07 Å². The Balaban J connectivity index is 0.00000324. The van der Waals surface area contributed by atoms with E-state index in [1.54, 1.807) is 25.3 Å². The third kappa shape index (κ3) is 7.50. The summed E-state index contributed by atoms with van der Waals surface area (Å²) in [7, 11) is 1.58. The van der Waals surface area contributed by atoms with Crippen LogP contribution in [0.15, 0.2) is 24.3 Å². The summed E-state index contributed by atoms with van der Waals surface area (Å²) in [6.45, 7) is 1.87. The number of amides is 2. The van der Waals surface area contributed by atoms with Gasteiger partial charge in [0.1, 0.15) is 5.75 Å². The van der Waals surface area contributed by atoms with Crippen LogP contribution in [0.1, 0.15) is 0 Å². The number of halogens is 1. The van der Waals surface area contributed by atoms with Crippen molar-refractivity contribution in [3.05, 3.63) is 24.3 Å². The Morgan fingerprint density at radius 1 is 1.37 bits per heavy atom. The van der Waals surface area contributed by atoms with Gasteiger partial charge in [0.15, 0.2) is 0 Å². The number of methoxy groups -OCH3 is 1. The molecule has 0 aromatic heterocycles. The molecule has 0 aliphatic carbocycles. The summed E-state index contributed by atoms with van der Waals surface area (Å²) in [5, 5.41) is 5.37. The maximum atomic E-state index is 11.5.